The Labute approximate surface area is 177 Å². The molecular formula is C25H28O5. The van der Waals surface area contributed by atoms with E-state index in [1.54, 1.807) is 20.1 Å². The molecular weight excluding hydrogens is 380 g/mol. The molecule has 1 N–H and O–H groups in total. The molecule has 0 saturated heterocycles. The van der Waals surface area contributed by atoms with Crippen molar-refractivity contribution in [3.05, 3.63) is 64.7 Å². The van der Waals surface area contributed by atoms with Crippen LogP contribution in [-0.2, 0) is 10.2 Å². The van der Waals surface area contributed by atoms with Crippen molar-refractivity contribution < 1.29 is 24.2 Å². The molecule has 1 saturated carbocycles. The molecule has 5 nitrogen and oxygen atoms in total. The molecule has 2 aromatic carbocycles. The molecule has 0 radical (unpaired) electrons. The predicted molar refractivity (Wildman–Crippen MR) is 113 cm³/mol. The molecule has 30 heavy (non-hydrogen) atoms. The predicted octanol–water partition coefficient (Wildman–Crippen LogP) is 3.81. The van der Waals surface area contributed by atoms with Crippen LogP contribution in [0.5, 0.6) is 5.75 Å². The van der Waals surface area contributed by atoms with Gasteiger partial charge in [0.25, 0.3) is 0 Å². The van der Waals surface area contributed by atoms with Crippen molar-refractivity contribution >= 4 is 11.6 Å². The number of aliphatic hydroxyl groups excluding tert-OH is 1. The van der Waals surface area contributed by atoms with Gasteiger partial charge in [-0.3, -0.25) is 9.59 Å². The Morgan fingerprint density at radius 2 is 1.93 bits per heavy atom. The average molecular weight is 408 g/mol. The van der Waals surface area contributed by atoms with Gasteiger partial charge in [-0.05, 0) is 36.0 Å². The van der Waals surface area contributed by atoms with Crippen molar-refractivity contribution in [3.8, 4) is 5.75 Å². The van der Waals surface area contributed by atoms with Crippen LogP contribution in [0.25, 0.3) is 0 Å². The van der Waals surface area contributed by atoms with E-state index in [2.05, 4.69) is 0 Å². The SMILES string of the molecule is CCC(=O)c1cc(C(=O)C[C@@H]2C[C@H]2COC)cc2c1OCC2(CO)c1ccccc1. The highest BCUT2D eigenvalue weighted by Gasteiger charge is 2.45. The Hall–Kier alpha value is -2.50. The van der Waals surface area contributed by atoms with Crippen LogP contribution in [0, 0.1) is 11.8 Å². The van der Waals surface area contributed by atoms with Crippen molar-refractivity contribution in [1.29, 1.82) is 0 Å². The molecule has 0 amide bonds. The van der Waals surface area contributed by atoms with Crippen LogP contribution in [0.3, 0.4) is 0 Å². The number of hydrogen-bond acceptors (Lipinski definition) is 5. The van der Waals surface area contributed by atoms with Crippen LogP contribution in [0.1, 0.15) is 58.0 Å². The Bertz CT molecular complexity index is 952. The van der Waals surface area contributed by atoms with E-state index >= 15 is 0 Å². The lowest BCUT2D eigenvalue weighted by Crippen LogP contribution is -2.33. The summed E-state index contributed by atoms with van der Waals surface area (Å²) in [4.78, 5) is 25.8. The van der Waals surface area contributed by atoms with Gasteiger partial charge in [0.1, 0.15) is 12.4 Å². The summed E-state index contributed by atoms with van der Waals surface area (Å²) in [5, 5.41) is 10.4. The van der Waals surface area contributed by atoms with Gasteiger partial charge in [-0.15, -0.1) is 0 Å². The molecule has 1 aliphatic carbocycles. The molecule has 1 heterocycles. The second-order valence-corrected chi connectivity index (χ2v) is 8.41. The van der Waals surface area contributed by atoms with Crippen molar-refractivity contribution in [2.24, 2.45) is 11.8 Å². The van der Waals surface area contributed by atoms with Gasteiger partial charge in [-0.25, -0.2) is 0 Å². The highest BCUT2D eigenvalue weighted by Crippen LogP contribution is 2.47. The smallest absolute Gasteiger partial charge is 0.166 e. The summed E-state index contributed by atoms with van der Waals surface area (Å²) in [7, 11) is 1.68. The molecule has 4 rings (SSSR count). The normalized spacial score (nSPS) is 24.2. The van der Waals surface area contributed by atoms with Crippen molar-refractivity contribution in [1.82, 2.24) is 0 Å². The number of ether oxygens (including phenoxy) is 2. The van der Waals surface area contributed by atoms with E-state index in [1.165, 1.54) is 0 Å². The minimum Gasteiger partial charge on any atom is -0.491 e. The number of aliphatic hydroxyl groups is 1. The molecule has 0 bridgehead atoms. The van der Waals surface area contributed by atoms with E-state index < -0.39 is 5.41 Å². The quantitative estimate of drug-likeness (QED) is 0.639. The lowest BCUT2D eigenvalue weighted by atomic mass is 9.75. The first-order valence-electron chi connectivity index (χ1n) is 10.6. The van der Waals surface area contributed by atoms with Crippen LogP contribution < -0.4 is 4.74 Å². The van der Waals surface area contributed by atoms with Crippen LogP contribution in [0.2, 0.25) is 0 Å². The number of rotatable bonds is 9. The number of benzene rings is 2. The third kappa shape index (κ3) is 3.57. The number of carbonyl (C=O) groups excluding carboxylic acids is 2. The van der Waals surface area contributed by atoms with Crippen molar-refractivity contribution in [2.45, 2.75) is 31.6 Å². The maximum atomic E-state index is 13.1. The van der Waals surface area contributed by atoms with E-state index in [4.69, 9.17) is 9.47 Å². The Balaban J connectivity index is 1.75. The zero-order valence-electron chi connectivity index (χ0n) is 17.5. The number of Topliss-reactive ketones (excluding diaryl/α,β-unsaturated/α-hetero) is 2. The van der Waals surface area contributed by atoms with Gasteiger partial charge in [0.05, 0.1) is 17.6 Å². The van der Waals surface area contributed by atoms with Gasteiger partial charge >= 0.3 is 0 Å². The molecule has 1 fully saturated rings. The summed E-state index contributed by atoms with van der Waals surface area (Å²) >= 11 is 0. The third-order valence-corrected chi connectivity index (χ3v) is 6.50. The zero-order valence-corrected chi connectivity index (χ0v) is 17.5. The van der Waals surface area contributed by atoms with Gasteiger partial charge in [0.15, 0.2) is 11.6 Å². The monoisotopic (exact) mass is 408 g/mol. The Kier molecular flexibility index (Phi) is 5.76. The average Bonchev–Trinajstić information content (AvgIpc) is 3.39. The lowest BCUT2D eigenvalue weighted by Gasteiger charge is -2.26. The molecule has 3 atom stereocenters. The summed E-state index contributed by atoms with van der Waals surface area (Å²) < 4.78 is 11.2. The minimum absolute atomic E-state index is 0.0263. The van der Waals surface area contributed by atoms with E-state index in [9.17, 15) is 14.7 Å². The number of hydrogen-bond donors (Lipinski definition) is 1. The van der Waals surface area contributed by atoms with Crippen LogP contribution in [0.4, 0.5) is 0 Å². The molecule has 1 aliphatic heterocycles. The largest absolute Gasteiger partial charge is 0.491 e. The van der Waals surface area contributed by atoms with Gasteiger partial charge in [0.2, 0.25) is 0 Å². The highest BCUT2D eigenvalue weighted by atomic mass is 16.5. The number of fused-ring (bicyclic) bond motifs is 1. The summed E-state index contributed by atoms with van der Waals surface area (Å²) in [5.74, 6) is 1.24. The standard InChI is InChI=1S/C25H28O5/c1-3-22(27)20-10-17(23(28)12-16-9-18(16)13-29-2)11-21-24(20)30-15-25(21,14-26)19-7-5-4-6-8-19/h4-8,10-11,16,18,26H,3,9,12-15H2,1-2H3/t16-,18-,25?/m0/s1. The first-order valence-corrected chi connectivity index (χ1v) is 10.6. The van der Waals surface area contributed by atoms with Gasteiger partial charge < -0.3 is 14.6 Å². The molecule has 2 aliphatic rings. The van der Waals surface area contributed by atoms with E-state index in [0.717, 1.165) is 17.5 Å². The lowest BCUT2D eigenvalue weighted by molar-refractivity contribution is 0.0969. The highest BCUT2D eigenvalue weighted by molar-refractivity contribution is 6.04. The second-order valence-electron chi connectivity index (χ2n) is 8.41. The molecule has 158 valence electrons. The van der Waals surface area contributed by atoms with Crippen LogP contribution in [-0.4, -0.2) is 43.6 Å². The van der Waals surface area contributed by atoms with E-state index in [-0.39, 0.29) is 24.8 Å². The van der Waals surface area contributed by atoms with Gasteiger partial charge in [-0.1, -0.05) is 37.3 Å². The van der Waals surface area contributed by atoms with Gasteiger partial charge in [0, 0.05) is 37.7 Å². The molecule has 0 aromatic heterocycles. The molecule has 2 aromatic rings. The molecule has 0 spiro atoms. The second kappa shape index (κ2) is 8.32. The fourth-order valence-electron chi connectivity index (χ4n) is 4.52. The van der Waals surface area contributed by atoms with Crippen LogP contribution >= 0.6 is 0 Å². The fraction of sp³-hybridized carbons (Fsp3) is 0.440. The number of methoxy groups -OCH3 is 1. The Morgan fingerprint density at radius 3 is 2.60 bits per heavy atom. The van der Waals surface area contributed by atoms with E-state index in [0.29, 0.717) is 48.2 Å². The minimum atomic E-state index is -0.784. The third-order valence-electron chi connectivity index (χ3n) is 6.50. The topological polar surface area (TPSA) is 72.8 Å². The van der Waals surface area contributed by atoms with Gasteiger partial charge in [-0.2, -0.15) is 0 Å². The Morgan fingerprint density at radius 1 is 1.17 bits per heavy atom. The summed E-state index contributed by atoms with van der Waals surface area (Å²) in [6.07, 6.45) is 1.77. The first-order chi connectivity index (χ1) is 14.5. The fourth-order valence-corrected chi connectivity index (χ4v) is 4.52. The maximum Gasteiger partial charge on any atom is 0.166 e. The molecule has 5 heteroatoms. The number of ketones is 2. The zero-order chi connectivity index (χ0) is 21.3. The number of carbonyl (C=O) groups is 2. The maximum absolute atomic E-state index is 13.1. The summed E-state index contributed by atoms with van der Waals surface area (Å²) in [5.41, 5.74) is 1.81. The first kappa shape index (κ1) is 20.8. The van der Waals surface area contributed by atoms with E-state index in [1.807, 2.05) is 36.4 Å². The van der Waals surface area contributed by atoms with Crippen molar-refractivity contribution in [2.75, 3.05) is 26.9 Å². The molecule has 1 unspecified atom stereocenters. The summed E-state index contributed by atoms with van der Waals surface area (Å²) in [6.45, 7) is 2.55. The van der Waals surface area contributed by atoms with Crippen LogP contribution in [0.15, 0.2) is 42.5 Å². The summed E-state index contributed by atoms with van der Waals surface area (Å²) in [6, 6.07) is 13.2. The van der Waals surface area contributed by atoms with Crippen molar-refractivity contribution in [3.63, 3.8) is 0 Å².